The van der Waals surface area contributed by atoms with E-state index in [0.29, 0.717) is 5.84 Å². The molecular weight excluding hydrogens is 174 g/mol. The van der Waals surface area contributed by atoms with E-state index in [1.807, 2.05) is 44.2 Å². The van der Waals surface area contributed by atoms with E-state index in [-0.39, 0.29) is 0 Å². The van der Waals surface area contributed by atoms with Crippen molar-refractivity contribution in [3.05, 3.63) is 35.9 Å². The molecule has 3 nitrogen and oxygen atoms in total. The van der Waals surface area contributed by atoms with E-state index in [1.54, 1.807) is 13.1 Å². The second-order valence-electron chi connectivity index (χ2n) is 2.40. The van der Waals surface area contributed by atoms with Crippen LogP contribution in [0.2, 0.25) is 0 Å². The lowest BCUT2D eigenvalue weighted by atomic mass is 10.2. The fourth-order valence-electron chi connectivity index (χ4n) is 0.726. The first-order chi connectivity index (χ1) is 6.79. The van der Waals surface area contributed by atoms with Crippen molar-refractivity contribution < 1.29 is 0 Å². The maximum atomic E-state index is 5.29. The molecule has 3 heteroatoms. The summed E-state index contributed by atoms with van der Waals surface area (Å²) in [5.41, 5.74) is 6.31. The Morgan fingerprint density at radius 2 is 1.79 bits per heavy atom. The van der Waals surface area contributed by atoms with Crippen LogP contribution in [-0.2, 0) is 0 Å². The molecule has 0 aliphatic heterocycles. The Balaban J connectivity index is 0.000000791. The van der Waals surface area contributed by atoms with Gasteiger partial charge in [-0.2, -0.15) is 5.10 Å². The Kier molecular flexibility index (Phi) is 7.05. The first kappa shape index (κ1) is 12.4. The van der Waals surface area contributed by atoms with Gasteiger partial charge in [-0.05, 0) is 12.5 Å². The van der Waals surface area contributed by atoms with Crippen LogP contribution in [-0.4, -0.2) is 12.1 Å². The molecule has 0 spiro atoms. The Labute approximate surface area is 85.4 Å². The number of hydrogen-bond acceptors (Lipinski definition) is 2. The molecule has 0 atom stereocenters. The highest BCUT2D eigenvalue weighted by Crippen LogP contribution is 1.93. The number of nitrogens with two attached hydrogens (primary N) is 1. The molecule has 2 N–H and O–H groups in total. The van der Waals surface area contributed by atoms with Crippen LogP contribution in [0.4, 0.5) is 0 Å². The maximum Gasteiger partial charge on any atom is 0.119 e. The van der Waals surface area contributed by atoms with E-state index in [1.165, 1.54) is 0 Å². The fraction of sp³-hybridized carbons (Fsp3) is 0.273. The molecule has 0 aliphatic rings. The highest BCUT2D eigenvalue weighted by molar-refractivity contribution is 5.81. The molecule has 14 heavy (non-hydrogen) atoms. The van der Waals surface area contributed by atoms with Crippen molar-refractivity contribution in [1.82, 2.24) is 0 Å². The quantitative estimate of drug-likeness (QED) is 0.435. The summed E-state index contributed by atoms with van der Waals surface area (Å²) in [6, 6.07) is 9.74. The van der Waals surface area contributed by atoms with Gasteiger partial charge in [-0.15, -0.1) is 5.10 Å². The van der Waals surface area contributed by atoms with Gasteiger partial charge in [0.15, 0.2) is 0 Å². The molecule has 0 saturated heterocycles. The Bertz CT molecular complexity index is 285. The zero-order valence-corrected chi connectivity index (χ0v) is 8.94. The van der Waals surface area contributed by atoms with Crippen molar-refractivity contribution in [3.8, 4) is 0 Å². The van der Waals surface area contributed by atoms with Crippen molar-refractivity contribution in [3.63, 3.8) is 0 Å². The van der Waals surface area contributed by atoms with Crippen LogP contribution in [0.15, 0.2) is 40.5 Å². The number of benzene rings is 1. The number of rotatable bonds is 2. The summed E-state index contributed by atoms with van der Waals surface area (Å²) in [6.45, 7) is 5.70. The van der Waals surface area contributed by atoms with Gasteiger partial charge in [0.25, 0.3) is 0 Å². The summed E-state index contributed by atoms with van der Waals surface area (Å²) in [4.78, 5) is 0. The maximum absolute atomic E-state index is 5.29. The zero-order valence-electron chi connectivity index (χ0n) is 8.94. The summed E-state index contributed by atoms with van der Waals surface area (Å²) < 4.78 is 0. The highest BCUT2D eigenvalue weighted by Gasteiger charge is 1.81. The predicted molar refractivity (Wildman–Crippen MR) is 62.7 cm³/mol. The van der Waals surface area contributed by atoms with E-state index in [0.717, 1.165) is 5.56 Å². The van der Waals surface area contributed by atoms with Gasteiger partial charge in [0.2, 0.25) is 0 Å². The third-order valence-electron chi connectivity index (χ3n) is 1.22. The van der Waals surface area contributed by atoms with Crippen molar-refractivity contribution in [2.45, 2.75) is 20.8 Å². The van der Waals surface area contributed by atoms with Gasteiger partial charge in [-0.25, -0.2) is 0 Å². The topological polar surface area (TPSA) is 50.7 Å². The smallest absolute Gasteiger partial charge is 0.119 e. The molecule has 0 aromatic heterocycles. The Hall–Kier alpha value is -1.64. The lowest BCUT2D eigenvalue weighted by molar-refractivity contribution is 1.22. The van der Waals surface area contributed by atoms with E-state index in [9.17, 15) is 0 Å². The van der Waals surface area contributed by atoms with Crippen molar-refractivity contribution in [2.75, 3.05) is 0 Å². The molecule has 76 valence electrons. The summed E-state index contributed by atoms with van der Waals surface area (Å²) in [7, 11) is 0. The molecule has 0 fully saturated rings. The average Bonchev–Trinajstić information content (AvgIpc) is 2.22. The molecule has 1 rings (SSSR count). The monoisotopic (exact) mass is 191 g/mol. The molecule has 0 unspecified atom stereocenters. The molecule has 0 amide bonds. The van der Waals surface area contributed by atoms with Crippen LogP contribution in [0.1, 0.15) is 26.3 Å². The number of amidine groups is 1. The second kappa shape index (κ2) is 7.98. The molecule has 1 aromatic rings. The van der Waals surface area contributed by atoms with Gasteiger partial charge in [0.1, 0.15) is 5.84 Å². The predicted octanol–water partition coefficient (Wildman–Crippen LogP) is 2.42. The SMILES string of the molecule is C/C(N)=N\N=C/c1ccccc1.CC. The summed E-state index contributed by atoms with van der Waals surface area (Å²) >= 11 is 0. The van der Waals surface area contributed by atoms with Gasteiger partial charge in [0, 0.05) is 0 Å². The minimum absolute atomic E-state index is 0.460. The second-order valence-corrected chi connectivity index (χ2v) is 2.40. The minimum atomic E-state index is 0.460. The van der Waals surface area contributed by atoms with Gasteiger partial charge in [0.05, 0.1) is 6.21 Å². The van der Waals surface area contributed by atoms with Crippen LogP contribution in [0.5, 0.6) is 0 Å². The Morgan fingerprint density at radius 1 is 1.21 bits per heavy atom. The van der Waals surface area contributed by atoms with E-state index in [4.69, 9.17) is 5.73 Å². The van der Waals surface area contributed by atoms with Gasteiger partial charge < -0.3 is 5.73 Å². The third-order valence-corrected chi connectivity index (χ3v) is 1.22. The minimum Gasteiger partial charge on any atom is -0.386 e. The van der Waals surface area contributed by atoms with Crippen molar-refractivity contribution >= 4 is 12.1 Å². The third kappa shape index (κ3) is 5.94. The van der Waals surface area contributed by atoms with E-state index < -0.39 is 0 Å². The summed E-state index contributed by atoms with van der Waals surface area (Å²) in [6.07, 6.45) is 1.66. The molecule has 0 saturated carbocycles. The number of hydrogen-bond donors (Lipinski definition) is 1. The lowest BCUT2D eigenvalue weighted by Crippen LogP contribution is -2.03. The van der Waals surface area contributed by atoms with E-state index >= 15 is 0 Å². The molecule has 0 radical (unpaired) electrons. The molecule has 1 aromatic carbocycles. The number of nitrogens with zero attached hydrogens (tertiary/aromatic N) is 2. The van der Waals surface area contributed by atoms with Gasteiger partial charge in [-0.3, -0.25) is 0 Å². The largest absolute Gasteiger partial charge is 0.386 e. The van der Waals surface area contributed by atoms with Crippen LogP contribution in [0.3, 0.4) is 0 Å². The summed E-state index contributed by atoms with van der Waals surface area (Å²) in [5, 5.41) is 7.46. The van der Waals surface area contributed by atoms with Gasteiger partial charge in [-0.1, -0.05) is 44.2 Å². The first-order valence-corrected chi connectivity index (χ1v) is 4.67. The van der Waals surface area contributed by atoms with Crippen LogP contribution < -0.4 is 5.73 Å². The van der Waals surface area contributed by atoms with Crippen LogP contribution >= 0.6 is 0 Å². The average molecular weight is 191 g/mol. The lowest BCUT2D eigenvalue weighted by Gasteiger charge is -1.87. The highest BCUT2D eigenvalue weighted by atomic mass is 15.2. The molecule has 0 aliphatic carbocycles. The normalized spacial score (nSPS) is 10.9. The van der Waals surface area contributed by atoms with E-state index in [2.05, 4.69) is 10.2 Å². The van der Waals surface area contributed by atoms with Crippen molar-refractivity contribution in [1.29, 1.82) is 0 Å². The van der Waals surface area contributed by atoms with Crippen LogP contribution in [0, 0.1) is 0 Å². The fourth-order valence-corrected chi connectivity index (χ4v) is 0.726. The van der Waals surface area contributed by atoms with Crippen molar-refractivity contribution in [2.24, 2.45) is 15.9 Å². The molecule has 0 bridgehead atoms. The first-order valence-electron chi connectivity index (χ1n) is 4.67. The van der Waals surface area contributed by atoms with Crippen LogP contribution in [0.25, 0.3) is 0 Å². The summed E-state index contributed by atoms with van der Waals surface area (Å²) in [5.74, 6) is 0.460. The molecular formula is C11H17N3. The van der Waals surface area contributed by atoms with Gasteiger partial charge >= 0.3 is 0 Å². The standard InChI is InChI=1S/C9H11N3.C2H6/c1-8(10)12-11-7-9-5-3-2-4-6-9;1-2/h2-7H,1H3,(H2,10,12);1-2H3/b11-7-;. The Morgan fingerprint density at radius 3 is 2.29 bits per heavy atom. The zero-order chi connectivity index (χ0) is 10.8. The molecule has 0 heterocycles.